The van der Waals surface area contributed by atoms with Gasteiger partial charge in [-0.05, 0) is 151 Å². The highest BCUT2D eigenvalue weighted by atomic mass is 15.2. The summed E-state index contributed by atoms with van der Waals surface area (Å²) in [5, 5.41) is 5.00. The molecular formula is C52H46N2. The number of hydrogen-bond acceptors (Lipinski definition) is 2. The number of benzene rings is 8. The Morgan fingerprint density at radius 1 is 0.296 bits per heavy atom. The number of hydrogen-bond donors (Lipinski definition) is 0. The Hall–Kier alpha value is -6.12. The van der Waals surface area contributed by atoms with Crippen LogP contribution in [0.2, 0.25) is 0 Å². The van der Waals surface area contributed by atoms with Crippen molar-refractivity contribution in [2.75, 3.05) is 9.80 Å². The largest absolute Gasteiger partial charge is 0.310 e. The minimum absolute atomic E-state index is 0.0101. The van der Waals surface area contributed by atoms with Crippen molar-refractivity contribution in [3.8, 4) is 22.3 Å². The lowest BCUT2D eigenvalue weighted by molar-refractivity contribution is 0.590. The van der Waals surface area contributed by atoms with Crippen molar-refractivity contribution in [2.45, 2.75) is 52.4 Å². The molecular weight excluding hydrogens is 653 g/mol. The van der Waals surface area contributed by atoms with Crippen LogP contribution < -0.4 is 9.80 Å². The zero-order valence-corrected chi connectivity index (χ0v) is 32.1. The number of nitrogens with zero attached hydrogens (tertiary/aromatic N) is 2. The third-order valence-corrected chi connectivity index (χ3v) is 11.0. The summed E-state index contributed by atoms with van der Waals surface area (Å²) < 4.78 is 0. The lowest BCUT2D eigenvalue weighted by Crippen LogP contribution is -2.19. The molecule has 0 fully saturated rings. The summed E-state index contributed by atoms with van der Waals surface area (Å²) in [6.45, 7) is 13.8. The summed E-state index contributed by atoms with van der Waals surface area (Å²) in [5.41, 5.74) is 15.0. The van der Waals surface area contributed by atoms with E-state index in [2.05, 4.69) is 221 Å². The molecule has 0 aliphatic heterocycles. The molecule has 0 spiro atoms. The van der Waals surface area contributed by atoms with Crippen LogP contribution in [0, 0.1) is 0 Å². The second kappa shape index (κ2) is 12.8. The second-order valence-electron chi connectivity index (χ2n) is 16.7. The highest BCUT2D eigenvalue weighted by Gasteiger charge is 2.27. The topological polar surface area (TPSA) is 6.48 Å². The molecule has 264 valence electrons. The van der Waals surface area contributed by atoms with Crippen LogP contribution in [-0.2, 0) is 10.8 Å². The highest BCUT2D eigenvalue weighted by Crippen LogP contribution is 2.52. The maximum Gasteiger partial charge on any atom is 0.0498 e. The minimum Gasteiger partial charge on any atom is -0.310 e. The molecule has 0 saturated heterocycles. The van der Waals surface area contributed by atoms with Gasteiger partial charge in [0.2, 0.25) is 0 Å². The van der Waals surface area contributed by atoms with Crippen LogP contribution in [0.5, 0.6) is 0 Å². The number of anilines is 6. The predicted octanol–water partition coefficient (Wildman–Crippen LogP) is 15.2. The van der Waals surface area contributed by atoms with Crippen molar-refractivity contribution in [3.05, 3.63) is 181 Å². The van der Waals surface area contributed by atoms with Crippen LogP contribution in [0.3, 0.4) is 0 Å². The Kier molecular flexibility index (Phi) is 7.97. The third kappa shape index (κ3) is 5.83. The summed E-state index contributed by atoms with van der Waals surface area (Å²) >= 11 is 0. The molecule has 8 aromatic rings. The van der Waals surface area contributed by atoms with E-state index in [-0.39, 0.29) is 10.8 Å². The Bertz CT molecular complexity index is 2490. The van der Waals surface area contributed by atoms with Gasteiger partial charge in [0.05, 0.1) is 0 Å². The SMILES string of the molecule is CC(C)(C)c1ccccc1N(c1ccccc1)c1ccc2cc3c(cc2c1)-c1cc2cc(N(c4ccccc4)c4ccccc4C(C)(C)C)ccc2cc1-3. The van der Waals surface area contributed by atoms with Crippen LogP contribution in [0.15, 0.2) is 170 Å². The standard InChI is InChI=1S/C52H46N2/c1-51(2,3)47-21-13-15-23-49(47)53(39-17-9-7-10-18-39)41-27-25-35-31-43-44-32-36-26-28-42(30-38(36)34-46(44)45(43)33-37(35)29-41)54(40-19-11-8-12-20-40)50-24-16-14-22-48(50)52(4,5)6/h7-34H,1-6H3. The van der Waals surface area contributed by atoms with Crippen LogP contribution in [0.1, 0.15) is 52.7 Å². The first kappa shape index (κ1) is 33.7. The van der Waals surface area contributed by atoms with Crippen molar-refractivity contribution in [1.29, 1.82) is 0 Å². The third-order valence-electron chi connectivity index (χ3n) is 11.0. The molecule has 54 heavy (non-hydrogen) atoms. The predicted molar refractivity (Wildman–Crippen MR) is 233 cm³/mol. The van der Waals surface area contributed by atoms with Gasteiger partial charge in [-0.25, -0.2) is 0 Å². The lowest BCUT2D eigenvalue weighted by Gasteiger charge is -2.32. The number of fused-ring (bicyclic) bond motifs is 6. The smallest absolute Gasteiger partial charge is 0.0498 e. The molecule has 1 aliphatic rings. The first-order chi connectivity index (χ1) is 26.0. The van der Waals surface area contributed by atoms with E-state index in [0.29, 0.717) is 0 Å². The van der Waals surface area contributed by atoms with Crippen LogP contribution in [-0.4, -0.2) is 0 Å². The molecule has 8 aromatic carbocycles. The summed E-state index contributed by atoms with van der Waals surface area (Å²) in [6, 6.07) is 62.6. The van der Waals surface area contributed by atoms with Crippen LogP contribution in [0.4, 0.5) is 34.1 Å². The highest BCUT2D eigenvalue weighted by molar-refractivity contribution is 6.12. The molecule has 1 aliphatic carbocycles. The monoisotopic (exact) mass is 698 g/mol. The van der Waals surface area contributed by atoms with Crippen molar-refractivity contribution in [2.24, 2.45) is 0 Å². The molecule has 0 N–H and O–H groups in total. The van der Waals surface area contributed by atoms with E-state index in [1.807, 2.05) is 0 Å². The van der Waals surface area contributed by atoms with Crippen LogP contribution in [0.25, 0.3) is 43.8 Å². The molecule has 0 saturated carbocycles. The second-order valence-corrected chi connectivity index (χ2v) is 16.7. The van der Waals surface area contributed by atoms with Gasteiger partial charge in [-0.1, -0.05) is 126 Å². The fourth-order valence-corrected chi connectivity index (χ4v) is 8.29. The molecule has 0 atom stereocenters. The fraction of sp³-hybridized carbons (Fsp3) is 0.154. The van der Waals surface area contributed by atoms with Crippen molar-refractivity contribution in [3.63, 3.8) is 0 Å². The van der Waals surface area contributed by atoms with E-state index in [0.717, 1.165) is 22.7 Å². The maximum atomic E-state index is 2.42. The first-order valence-corrected chi connectivity index (χ1v) is 19.1. The van der Waals surface area contributed by atoms with Gasteiger partial charge in [0.1, 0.15) is 0 Å². The molecule has 0 radical (unpaired) electrons. The van der Waals surface area contributed by atoms with Gasteiger partial charge >= 0.3 is 0 Å². The van der Waals surface area contributed by atoms with Crippen LogP contribution >= 0.6 is 0 Å². The van der Waals surface area contributed by atoms with Crippen molar-refractivity contribution in [1.82, 2.24) is 0 Å². The number of rotatable bonds is 6. The Morgan fingerprint density at radius 2 is 0.630 bits per heavy atom. The van der Waals surface area contributed by atoms with Crippen molar-refractivity contribution < 1.29 is 0 Å². The van der Waals surface area contributed by atoms with Gasteiger partial charge in [-0.3, -0.25) is 0 Å². The van der Waals surface area contributed by atoms with E-state index >= 15 is 0 Å². The minimum atomic E-state index is -0.0101. The van der Waals surface area contributed by atoms with Gasteiger partial charge in [-0.15, -0.1) is 0 Å². The van der Waals surface area contributed by atoms with E-state index in [1.165, 1.54) is 66.3 Å². The fourth-order valence-electron chi connectivity index (χ4n) is 8.29. The summed E-state index contributed by atoms with van der Waals surface area (Å²) in [5.74, 6) is 0. The van der Waals surface area contributed by atoms with Gasteiger partial charge in [0, 0.05) is 34.1 Å². The molecule has 0 unspecified atom stereocenters. The van der Waals surface area contributed by atoms with E-state index in [1.54, 1.807) is 0 Å². The molecule has 0 amide bonds. The maximum absolute atomic E-state index is 2.42. The molecule has 9 rings (SSSR count). The zero-order chi connectivity index (χ0) is 37.2. The summed E-state index contributed by atoms with van der Waals surface area (Å²) in [4.78, 5) is 4.83. The molecule has 2 nitrogen and oxygen atoms in total. The normalized spacial score (nSPS) is 12.3. The zero-order valence-electron chi connectivity index (χ0n) is 32.1. The van der Waals surface area contributed by atoms with E-state index < -0.39 is 0 Å². The Labute approximate surface area is 320 Å². The molecule has 0 heterocycles. The Balaban J connectivity index is 1.15. The average Bonchev–Trinajstić information content (AvgIpc) is 3.17. The van der Waals surface area contributed by atoms with E-state index in [9.17, 15) is 0 Å². The summed E-state index contributed by atoms with van der Waals surface area (Å²) in [6.07, 6.45) is 0. The average molecular weight is 699 g/mol. The van der Waals surface area contributed by atoms with Crippen molar-refractivity contribution >= 4 is 55.7 Å². The molecule has 0 aromatic heterocycles. The Morgan fingerprint density at radius 3 is 1.00 bits per heavy atom. The lowest BCUT2D eigenvalue weighted by atomic mass is 9.78. The quantitative estimate of drug-likeness (QED) is 0.171. The van der Waals surface area contributed by atoms with Gasteiger partial charge in [-0.2, -0.15) is 0 Å². The molecule has 0 bridgehead atoms. The van der Waals surface area contributed by atoms with Gasteiger partial charge < -0.3 is 9.80 Å². The van der Waals surface area contributed by atoms with Gasteiger partial charge in [0.25, 0.3) is 0 Å². The number of para-hydroxylation sites is 4. The summed E-state index contributed by atoms with van der Waals surface area (Å²) in [7, 11) is 0. The first-order valence-electron chi connectivity index (χ1n) is 19.1. The van der Waals surface area contributed by atoms with Gasteiger partial charge in [0.15, 0.2) is 0 Å². The van der Waals surface area contributed by atoms with E-state index in [4.69, 9.17) is 0 Å². The molecule has 2 heteroatoms.